The zero-order chi connectivity index (χ0) is 12.3. The highest BCUT2D eigenvalue weighted by Crippen LogP contribution is 2.23. The first-order valence-electron chi connectivity index (χ1n) is 5.17. The van der Waals surface area contributed by atoms with E-state index in [1.807, 2.05) is 11.9 Å². The molecule has 0 amide bonds. The molecule has 0 radical (unpaired) electrons. The van der Waals surface area contributed by atoms with Gasteiger partial charge in [-0.1, -0.05) is 25.4 Å². The summed E-state index contributed by atoms with van der Waals surface area (Å²) in [7, 11) is 1.90. The maximum Gasteiger partial charge on any atom is 0.156 e. The normalized spacial score (nSPS) is 12.6. The molecule has 0 saturated carbocycles. The van der Waals surface area contributed by atoms with Crippen molar-refractivity contribution in [3.63, 3.8) is 0 Å². The van der Waals surface area contributed by atoms with Crippen molar-refractivity contribution in [1.29, 1.82) is 0 Å². The van der Waals surface area contributed by atoms with Gasteiger partial charge in [-0.25, -0.2) is 9.97 Å². The molecule has 1 aromatic heterocycles. The van der Waals surface area contributed by atoms with E-state index in [-0.39, 0.29) is 11.2 Å². The van der Waals surface area contributed by atoms with Gasteiger partial charge in [-0.05, 0) is 12.8 Å². The summed E-state index contributed by atoms with van der Waals surface area (Å²) in [6.07, 6.45) is 2.06. The van der Waals surface area contributed by atoms with Crippen LogP contribution >= 0.6 is 11.6 Å². The zero-order valence-corrected chi connectivity index (χ0v) is 10.7. The number of carbonyl (C=O) groups is 1. The van der Waals surface area contributed by atoms with Crippen molar-refractivity contribution in [2.75, 3.05) is 11.9 Å². The van der Waals surface area contributed by atoms with Crippen molar-refractivity contribution in [1.82, 2.24) is 9.97 Å². The molecule has 4 nitrogen and oxygen atoms in total. The van der Waals surface area contributed by atoms with Crippen LogP contribution in [0.5, 0.6) is 0 Å². The first-order valence-corrected chi connectivity index (χ1v) is 5.55. The quantitative estimate of drug-likeness (QED) is 0.600. The summed E-state index contributed by atoms with van der Waals surface area (Å²) < 4.78 is 0. The fourth-order valence-corrected chi connectivity index (χ4v) is 1.56. The van der Waals surface area contributed by atoms with Crippen LogP contribution in [0.15, 0.2) is 6.33 Å². The molecular weight excluding hydrogens is 226 g/mol. The van der Waals surface area contributed by atoms with Gasteiger partial charge in [0.25, 0.3) is 0 Å². The van der Waals surface area contributed by atoms with E-state index in [1.54, 1.807) is 0 Å². The number of hydrogen-bond acceptors (Lipinski definition) is 4. The molecule has 5 heteroatoms. The van der Waals surface area contributed by atoms with Gasteiger partial charge < -0.3 is 4.90 Å². The van der Waals surface area contributed by atoms with Gasteiger partial charge in [0.05, 0.1) is 5.56 Å². The van der Waals surface area contributed by atoms with Gasteiger partial charge in [0.15, 0.2) is 6.29 Å². The molecule has 0 bridgehead atoms. The lowest BCUT2D eigenvalue weighted by Gasteiger charge is -2.29. The molecule has 0 saturated heterocycles. The van der Waals surface area contributed by atoms with E-state index in [2.05, 4.69) is 30.7 Å². The number of halogens is 1. The Morgan fingerprint density at radius 3 is 2.50 bits per heavy atom. The Balaban J connectivity index is 3.12. The molecular formula is C11H16ClN3O. The van der Waals surface area contributed by atoms with Gasteiger partial charge in [-0.2, -0.15) is 0 Å². The number of rotatable bonds is 4. The minimum Gasteiger partial charge on any atom is -0.356 e. The molecule has 1 unspecified atom stereocenters. The third kappa shape index (κ3) is 2.50. The summed E-state index contributed by atoms with van der Waals surface area (Å²) in [5.41, 5.74) is 0.346. The van der Waals surface area contributed by atoms with Gasteiger partial charge in [0.2, 0.25) is 0 Å². The van der Waals surface area contributed by atoms with Crippen LogP contribution in [-0.4, -0.2) is 29.3 Å². The smallest absolute Gasteiger partial charge is 0.156 e. The molecule has 88 valence electrons. The molecule has 0 spiro atoms. The summed E-state index contributed by atoms with van der Waals surface area (Å²) in [5.74, 6) is 1.04. The average Bonchev–Trinajstić information content (AvgIpc) is 2.26. The van der Waals surface area contributed by atoms with Crippen LogP contribution in [0.25, 0.3) is 0 Å². The van der Waals surface area contributed by atoms with Gasteiger partial charge in [0.1, 0.15) is 17.3 Å². The van der Waals surface area contributed by atoms with Crippen LogP contribution in [0, 0.1) is 5.92 Å². The molecule has 1 rings (SSSR count). The van der Waals surface area contributed by atoms with E-state index in [9.17, 15) is 4.79 Å². The van der Waals surface area contributed by atoms with E-state index in [0.29, 0.717) is 23.6 Å². The van der Waals surface area contributed by atoms with Crippen molar-refractivity contribution in [2.24, 2.45) is 5.92 Å². The fraction of sp³-hybridized carbons (Fsp3) is 0.545. The Labute approximate surface area is 101 Å². The average molecular weight is 242 g/mol. The number of aldehydes is 1. The van der Waals surface area contributed by atoms with Gasteiger partial charge in [-0.15, -0.1) is 0 Å². The third-order valence-electron chi connectivity index (χ3n) is 2.84. The van der Waals surface area contributed by atoms with E-state index >= 15 is 0 Å². The standard InChI is InChI=1S/C11H16ClN3O/c1-7(2)8(3)15(4)11-9(5-16)10(12)13-6-14-11/h5-8H,1-4H3. The van der Waals surface area contributed by atoms with Crippen molar-refractivity contribution in [3.05, 3.63) is 17.0 Å². The van der Waals surface area contributed by atoms with Crippen LogP contribution in [0.3, 0.4) is 0 Å². The topological polar surface area (TPSA) is 46.1 Å². The van der Waals surface area contributed by atoms with Crippen LogP contribution in [0.4, 0.5) is 5.82 Å². The SMILES string of the molecule is CC(C)C(C)N(C)c1ncnc(Cl)c1C=O. The second kappa shape index (κ2) is 5.25. The Kier molecular flexibility index (Phi) is 4.24. The monoisotopic (exact) mass is 241 g/mol. The van der Waals surface area contributed by atoms with Gasteiger partial charge >= 0.3 is 0 Å². The summed E-state index contributed by atoms with van der Waals surface area (Å²) >= 11 is 5.85. The zero-order valence-electron chi connectivity index (χ0n) is 9.94. The largest absolute Gasteiger partial charge is 0.356 e. The molecule has 1 atom stereocenters. The summed E-state index contributed by atoms with van der Waals surface area (Å²) in [5, 5.41) is 0.197. The number of hydrogen-bond donors (Lipinski definition) is 0. The lowest BCUT2D eigenvalue weighted by atomic mass is 10.1. The van der Waals surface area contributed by atoms with E-state index in [4.69, 9.17) is 11.6 Å². The second-order valence-electron chi connectivity index (χ2n) is 4.12. The predicted octanol–water partition coefficient (Wildman–Crippen LogP) is 2.42. The Hall–Kier alpha value is -1.16. The molecule has 0 fully saturated rings. The van der Waals surface area contributed by atoms with E-state index in [1.165, 1.54) is 6.33 Å². The minimum atomic E-state index is 0.197. The summed E-state index contributed by atoms with van der Waals surface area (Å²) in [6, 6.07) is 0.268. The molecule has 0 aliphatic carbocycles. The number of aromatic nitrogens is 2. The van der Waals surface area contributed by atoms with E-state index < -0.39 is 0 Å². The van der Waals surface area contributed by atoms with Crippen LogP contribution < -0.4 is 4.90 Å². The molecule has 0 aromatic carbocycles. The van der Waals surface area contributed by atoms with Gasteiger partial charge in [-0.3, -0.25) is 4.79 Å². The number of anilines is 1. The van der Waals surface area contributed by atoms with Crippen molar-refractivity contribution in [2.45, 2.75) is 26.8 Å². The minimum absolute atomic E-state index is 0.197. The number of nitrogens with zero attached hydrogens (tertiary/aromatic N) is 3. The summed E-state index contributed by atoms with van der Waals surface area (Å²) in [4.78, 5) is 20.8. The lowest BCUT2D eigenvalue weighted by molar-refractivity contribution is 0.112. The molecule has 0 N–H and O–H groups in total. The van der Waals surface area contributed by atoms with Crippen molar-refractivity contribution >= 4 is 23.7 Å². The Morgan fingerprint density at radius 1 is 1.38 bits per heavy atom. The maximum absolute atomic E-state index is 11.0. The van der Waals surface area contributed by atoms with Crippen LogP contribution in [-0.2, 0) is 0 Å². The van der Waals surface area contributed by atoms with Crippen molar-refractivity contribution in [3.8, 4) is 0 Å². The molecule has 0 aliphatic heterocycles. The van der Waals surface area contributed by atoms with Crippen LogP contribution in [0.2, 0.25) is 5.15 Å². The second-order valence-corrected chi connectivity index (χ2v) is 4.47. The third-order valence-corrected chi connectivity index (χ3v) is 3.14. The lowest BCUT2D eigenvalue weighted by Crippen LogP contribution is -2.34. The predicted molar refractivity (Wildman–Crippen MR) is 65.1 cm³/mol. The first kappa shape index (κ1) is 12.9. The summed E-state index contributed by atoms with van der Waals surface area (Å²) in [6.45, 7) is 6.31. The fourth-order valence-electron chi connectivity index (χ4n) is 1.39. The van der Waals surface area contributed by atoms with Crippen LogP contribution in [0.1, 0.15) is 31.1 Å². The molecule has 0 aliphatic rings. The van der Waals surface area contributed by atoms with E-state index in [0.717, 1.165) is 0 Å². The molecule has 16 heavy (non-hydrogen) atoms. The highest BCUT2D eigenvalue weighted by molar-refractivity contribution is 6.32. The maximum atomic E-state index is 11.0. The number of carbonyl (C=O) groups excluding carboxylic acids is 1. The Morgan fingerprint density at radius 2 is 2.00 bits per heavy atom. The molecule has 1 aromatic rings. The Bertz CT molecular complexity index is 381. The highest BCUT2D eigenvalue weighted by atomic mass is 35.5. The van der Waals surface area contributed by atoms with Crippen molar-refractivity contribution < 1.29 is 4.79 Å². The van der Waals surface area contributed by atoms with Gasteiger partial charge in [0, 0.05) is 13.1 Å². The highest BCUT2D eigenvalue weighted by Gasteiger charge is 2.19. The first-order chi connectivity index (χ1) is 7.49. The molecule has 1 heterocycles.